The third-order valence-electron chi connectivity index (χ3n) is 4.23. The Bertz CT molecular complexity index is 822. The summed E-state index contributed by atoms with van der Waals surface area (Å²) in [6, 6.07) is 5.39. The molecule has 0 N–H and O–H groups in total. The van der Waals surface area contributed by atoms with Gasteiger partial charge in [-0.25, -0.2) is 8.42 Å². The first-order chi connectivity index (χ1) is 11.8. The van der Waals surface area contributed by atoms with Crippen LogP contribution in [-0.4, -0.2) is 61.4 Å². The van der Waals surface area contributed by atoms with Crippen LogP contribution in [0.1, 0.15) is 12.5 Å². The number of amides is 1. The number of thioether (sulfide) groups is 1. The lowest BCUT2D eigenvalue weighted by atomic mass is 10.1. The zero-order chi connectivity index (χ0) is 18.2. The van der Waals surface area contributed by atoms with Crippen LogP contribution in [0.25, 0.3) is 0 Å². The summed E-state index contributed by atoms with van der Waals surface area (Å²) in [5, 5.41) is 0.510. The highest BCUT2D eigenvalue weighted by Gasteiger charge is 2.48. The summed E-state index contributed by atoms with van der Waals surface area (Å²) in [4.78, 5) is 17.4. The van der Waals surface area contributed by atoms with Gasteiger partial charge in [0.1, 0.15) is 0 Å². The summed E-state index contributed by atoms with van der Waals surface area (Å²) >= 11 is 1.38. The van der Waals surface area contributed by atoms with E-state index < -0.39 is 9.84 Å². The maximum Gasteiger partial charge on any atom is 0.244 e. The Labute approximate surface area is 151 Å². The van der Waals surface area contributed by atoms with Crippen molar-refractivity contribution in [1.29, 1.82) is 0 Å². The summed E-state index contributed by atoms with van der Waals surface area (Å²) in [5.41, 5.74) is 0.930. The fourth-order valence-corrected chi connectivity index (χ4v) is 7.13. The van der Waals surface area contributed by atoms with Gasteiger partial charge in [-0.05, 0) is 17.7 Å². The molecule has 0 spiro atoms. The number of hydrogen-bond acceptors (Lipinski definition) is 6. The van der Waals surface area contributed by atoms with E-state index >= 15 is 0 Å². The van der Waals surface area contributed by atoms with Crippen molar-refractivity contribution in [3.05, 3.63) is 23.8 Å². The summed E-state index contributed by atoms with van der Waals surface area (Å²) < 4.78 is 34.5. The minimum atomic E-state index is -3.05. The molecule has 0 unspecified atom stereocenters. The van der Waals surface area contributed by atoms with Gasteiger partial charge in [-0.15, -0.1) is 0 Å². The molecular formula is C16H20N2O5S2. The Kier molecular flexibility index (Phi) is 4.97. The van der Waals surface area contributed by atoms with Crippen molar-refractivity contribution < 1.29 is 22.7 Å². The van der Waals surface area contributed by atoms with Crippen LogP contribution in [0.5, 0.6) is 11.5 Å². The molecule has 0 saturated carbocycles. The second-order valence-corrected chi connectivity index (χ2v) is 9.39. The molecule has 2 aliphatic heterocycles. The quantitative estimate of drug-likeness (QED) is 0.774. The summed E-state index contributed by atoms with van der Waals surface area (Å²) in [6.07, 6.45) is 0. The number of hydrogen-bond donors (Lipinski definition) is 0. The number of fused-ring (bicyclic) bond motifs is 1. The molecule has 7 nitrogen and oxygen atoms in total. The number of carbonyl (C=O) groups is 1. The molecule has 0 radical (unpaired) electrons. The zero-order valence-corrected chi connectivity index (χ0v) is 15.9. The average Bonchev–Trinajstić information content (AvgIpc) is 2.99. The lowest BCUT2D eigenvalue weighted by Crippen LogP contribution is -2.37. The van der Waals surface area contributed by atoms with Gasteiger partial charge in [0.2, 0.25) is 5.91 Å². The van der Waals surface area contributed by atoms with E-state index in [9.17, 15) is 13.2 Å². The van der Waals surface area contributed by atoms with Gasteiger partial charge in [-0.3, -0.25) is 4.79 Å². The molecule has 3 rings (SSSR count). The second kappa shape index (κ2) is 6.87. The van der Waals surface area contributed by atoms with Crippen molar-refractivity contribution in [2.45, 2.75) is 24.8 Å². The summed E-state index contributed by atoms with van der Waals surface area (Å²) in [7, 11) is 0.0815. The number of benzene rings is 1. The smallest absolute Gasteiger partial charge is 0.244 e. The van der Waals surface area contributed by atoms with Gasteiger partial charge in [0.15, 0.2) is 26.5 Å². The van der Waals surface area contributed by atoms with E-state index in [1.165, 1.54) is 18.7 Å². The summed E-state index contributed by atoms with van der Waals surface area (Å²) in [5.74, 6) is 1.16. The molecule has 25 heavy (non-hydrogen) atoms. The van der Waals surface area contributed by atoms with Gasteiger partial charge in [0.05, 0.1) is 31.8 Å². The highest BCUT2D eigenvalue weighted by atomic mass is 32.2. The van der Waals surface area contributed by atoms with E-state index in [0.717, 1.165) is 5.56 Å². The Balaban J connectivity index is 1.90. The first kappa shape index (κ1) is 18.1. The van der Waals surface area contributed by atoms with Gasteiger partial charge in [0, 0.05) is 18.7 Å². The maximum absolute atomic E-state index is 12.0. The SMILES string of the molecule is COc1ccc(CN2C(=NC(C)=O)S[C@H]3CS(=O)(=O)C[C@@H]32)cc1OC. The molecule has 2 saturated heterocycles. The average molecular weight is 384 g/mol. The normalized spacial score (nSPS) is 25.9. The molecule has 2 fully saturated rings. The van der Waals surface area contributed by atoms with E-state index in [1.54, 1.807) is 14.2 Å². The molecular weight excluding hydrogens is 364 g/mol. The number of rotatable bonds is 4. The van der Waals surface area contributed by atoms with Crippen molar-refractivity contribution in [3.63, 3.8) is 0 Å². The van der Waals surface area contributed by atoms with E-state index in [-0.39, 0.29) is 28.7 Å². The predicted octanol–water partition coefficient (Wildman–Crippen LogP) is 1.32. The predicted molar refractivity (Wildman–Crippen MR) is 97.0 cm³/mol. The van der Waals surface area contributed by atoms with E-state index in [4.69, 9.17) is 9.47 Å². The molecule has 136 valence electrons. The number of carbonyl (C=O) groups excluding carboxylic acids is 1. The van der Waals surface area contributed by atoms with Gasteiger partial charge >= 0.3 is 0 Å². The van der Waals surface area contributed by atoms with Gasteiger partial charge in [-0.1, -0.05) is 17.8 Å². The number of nitrogens with zero attached hydrogens (tertiary/aromatic N) is 2. The fraction of sp³-hybridized carbons (Fsp3) is 0.500. The highest BCUT2D eigenvalue weighted by Crippen LogP contribution is 2.39. The highest BCUT2D eigenvalue weighted by molar-refractivity contribution is 8.15. The lowest BCUT2D eigenvalue weighted by Gasteiger charge is -2.24. The van der Waals surface area contributed by atoms with E-state index in [2.05, 4.69) is 4.99 Å². The van der Waals surface area contributed by atoms with Crippen molar-refractivity contribution in [1.82, 2.24) is 4.90 Å². The number of sulfone groups is 1. The molecule has 2 heterocycles. The molecule has 9 heteroatoms. The Morgan fingerprint density at radius 3 is 2.64 bits per heavy atom. The molecule has 2 atom stereocenters. The van der Waals surface area contributed by atoms with Crippen LogP contribution in [0.2, 0.25) is 0 Å². The minimum Gasteiger partial charge on any atom is -0.493 e. The molecule has 1 amide bonds. The van der Waals surface area contributed by atoms with Crippen molar-refractivity contribution in [2.75, 3.05) is 25.7 Å². The van der Waals surface area contributed by atoms with Crippen LogP contribution in [0.3, 0.4) is 0 Å². The van der Waals surface area contributed by atoms with Crippen LogP contribution < -0.4 is 9.47 Å². The summed E-state index contributed by atoms with van der Waals surface area (Å²) in [6.45, 7) is 1.85. The number of ether oxygens (including phenoxy) is 2. The van der Waals surface area contributed by atoms with Crippen LogP contribution in [0, 0.1) is 0 Å². The fourth-order valence-electron chi connectivity index (χ4n) is 3.13. The van der Waals surface area contributed by atoms with E-state index in [1.807, 2.05) is 23.1 Å². The standard InChI is InChI=1S/C16H20N2O5S2/c1-10(19)17-16-18(12-8-25(20,21)9-15(12)24-16)7-11-4-5-13(22-2)14(6-11)23-3/h4-6,12,15H,7-9H2,1-3H3/t12-,15-/m0/s1. The Hall–Kier alpha value is -1.74. The Morgan fingerprint density at radius 1 is 1.28 bits per heavy atom. The van der Waals surface area contributed by atoms with Crippen LogP contribution in [0.15, 0.2) is 23.2 Å². The third-order valence-corrected chi connectivity index (χ3v) is 7.48. The number of aliphatic imine (C=N–C) groups is 1. The lowest BCUT2D eigenvalue weighted by molar-refractivity contribution is -0.115. The van der Waals surface area contributed by atoms with Crippen LogP contribution in [0.4, 0.5) is 0 Å². The second-order valence-electron chi connectivity index (χ2n) is 6.03. The zero-order valence-electron chi connectivity index (χ0n) is 14.3. The molecule has 1 aromatic carbocycles. The topological polar surface area (TPSA) is 85.3 Å². The van der Waals surface area contributed by atoms with Crippen molar-refractivity contribution in [2.24, 2.45) is 4.99 Å². The molecule has 2 aliphatic rings. The van der Waals surface area contributed by atoms with E-state index in [0.29, 0.717) is 23.2 Å². The Morgan fingerprint density at radius 2 is 2.00 bits per heavy atom. The van der Waals surface area contributed by atoms with Gasteiger partial charge in [-0.2, -0.15) is 4.99 Å². The van der Waals surface area contributed by atoms with Gasteiger partial charge in [0.25, 0.3) is 0 Å². The van der Waals surface area contributed by atoms with Gasteiger partial charge < -0.3 is 14.4 Å². The first-order valence-electron chi connectivity index (χ1n) is 7.77. The molecule has 0 aliphatic carbocycles. The van der Waals surface area contributed by atoms with Crippen LogP contribution in [-0.2, 0) is 21.2 Å². The number of amidine groups is 1. The number of methoxy groups -OCH3 is 2. The van der Waals surface area contributed by atoms with Crippen LogP contribution >= 0.6 is 11.8 Å². The molecule has 1 aromatic rings. The van der Waals surface area contributed by atoms with Crippen molar-refractivity contribution in [3.8, 4) is 11.5 Å². The molecule has 0 bridgehead atoms. The van der Waals surface area contributed by atoms with Crippen molar-refractivity contribution >= 4 is 32.7 Å². The third kappa shape index (κ3) is 3.77. The minimum absolute atomic E-state index is 0.0803. The maximum atomic E-state index is 12.0. The largest absolute Gasteiger partial charge is 0.493 e. The molecule has 0 aromatic heterocycles. The first-order valence-corrected chi connectivity index (χ1v) is 10.5. The monoisotopic (exact) mass is 384 g/mol.